The van der Waals surface area contributed by atoms with E-state index in [4.69, 9.17) is 0 Å². The molecule has 0 bridgehead atoms. The normalized spacial score (nSPS) is 10.6. The maximum Gasteiger partial charge on any atom is 0.254 e. The van der Waals surface area contributed by atoms with Crippen molar-refractivity contribution in [3.63, 3.8) is 0 Å². The summed E-state index contributed by atoms with van der Waals surface area (Å²) in [6.45, 7) is 0.271. The second kappa shape index (κ2) is 6.54. The molecule has 5 nitrogen and oxygen atoms in total. The van der Waals surface area contributed by atoms with Gasteiger partial charge in [0.15, 0.2) is 0 Å². The van der Waals surface area contributed by atoms with E-state index in [9.17, 15) is 14.3 Å². The summed E-state index contributed by atoms with van der Waals surface area (Å²) in [5.41, 5.74) is 2.76. The summed E-state index contributed by atoms with van der Waals surface area (Å²) in [6, 6.07) is 11.1. The molecule has 1 aromatic heterocycles. The number of aromatic hydroxyl groups is 1. The Balaban J connectivity index is 1.71. The van der Waals surface area contributed by atoms with Crippen LogP contribution in [0.1, 0.15) is 15.9 Å². The molecule has 1 amide bonds. The average molecular weight is 325 g/mol. The fourth-order valence-electron chi connectivity index (χ4n) is 2.40. The fraction of sp³-hybridized carbons (Fsp3) is 0.111. The summed E-state index contributed by atoms with van der Waals surface area (Å²) in [4.78, 5) is 12.1. The number of hydrogen-bond acceptors (Lipinski definition) is 3. The number of nitrogens with zero attached hydrogens (tertiary/aromatic N) is 2. The topological polar surface area (TPSA) is 67.2 Å². The van der Waals surface area contributed by atoms with Crippen LogP contribution in [0.25, 0.3) is 11.1 Å². The molecule has 0 saturated carbocycles. The number of carbonyl (C=O) groups excluding carboxylic acids is 1. The molecule has 122 valence electrons. The minimum Gasteiger partial charge on any atom is -0.508 e. The lowest BCUT2D eigenvalue weighted by atomic mass is 10.1. The van der Waals surface area contributed by atoms with Crippen LogP contribution in [-0.2, 0) is 13.6 Å². The van der Waals surface area contributed by atoms with Crippen molar-refractivity contribution in [1.82, 2.24) is 15.1 Å². The van der Waals surface area contributed by atoms with E-state index < -0.39 is 11.7 Å². The van der Waals surface area contributed by atoms with Crippen molar-refractivity contribution in [2.45, 2.75) is 6.54 Å². The molecule has 2 N–H and O–H groups in total. The largest absolute Gasteiger partial charge is 0.508 e. The molecule has 1 heterocycles. The van der Waals surface area contributed by atoms with Gasteiger partial charge in [-0.2, -0.15) is 5.10 Å². The fourth-order valence-corrected chi connectivity index (χ4v) is 2.40. The molecule has 24 heavy (non-hydrogen) atoms. The zero-order chi connectivity index (χ0) is 17.1. The van der Waals surface area contributed by atoms with Crippen LogP contribution in [0.2, 0.25) is 0 Å². The lowest BCUT2D eigenvalue weighted by molar-refractivity contribution is 0.0947. The first-order valence-corrected chi connectivity index (χ1v) is 7.37. The van der Waals surface area contributed by atoms with Crippen LogP contribution in [0, 0.1) is 5.82 Å². The third kappa shape index (κ3) is 3.43. The van der Waals surface area contributed by atoms with Gasteiger partial charge < -0.3 is 10.4 Å². The molecule has 0 radical (unpaired) electrons. The Labute approximate surface area is 138 Å². The van der Waals surface area contributed by atoms with Crippen molar-refractivity contribution in [3.05, 3.63) is 71.8 Å². The number of nitrogens with one attached hydrogen (secondary N) is 1. The number of rotatable bonds is 4. The van der Waals surface area contributed by atoms with Crippen LogP contribution >= 0.6 is 0 Å². The van der Waals surface area contributed by atoms with Gasteiger partial charge in [-0.3, -0.25) is 9.48 Å². The number of benzene rings is 2. The van der Waals surface area contributed by atoms with Crippen LogP contribution in [0.3, 0.4) is 0 Å². The summed E-state index contributed by atoms with van der Waals surface area (Å²) in [6.07, 6.45) is 3.67. The van der Waals surface area contributed by atoms with Crippen molar-refractivity contribution in [2.75, 3.05) is 0 Å². The van der Waals surface area contributed by atoms with E-state index in [1.54, 1.807) is 10.9 Å². The van der Waals surface area contributed by atoms with E-state index in [0.717, 1.165) is 22.8 Å². The zero-order valence-corrected chi connectivity index (χ0v) is 13.0. The average Bonchev–Trinajstić information content (AvgIpc) is 2.99. The minimum absolute atomic E-state index is 0.101. The summed E-state index contributed by atoms with van der Waals surface area (Å²) in [5.74, 6) is -1.50. The van der Waals surface area contributed by atoms with Crippen LogP contribution in [0.4, 0.5) is 4.39 Å². The Hall–Kier alpha value is -3.15. The highest BCUT2D eigenvalue weighted by atomic mass is 19.1. The first-order valence-electron chi connectivity index (χ1n) is 7.37. The third-order valence-electron chi connectivity index (χ3n) is 3.62. The smallest absolute Gasteiger partial charge is 0.254 e. The second-order valence-corrected chi connectivity index (χ2v) is 5.45. The molecule has 0 unspecified atom stereocenters. The molecule has 3 rings (SSSR count). The lowest BCUT2D eigenvalue weighted by Gasteiger charge is -2.08. The molecular formula is C18H16FN3O2. The zero-order valence-electron chi connectivity index (χ0n) is 13.0. The van der Waals surface area contributed by atoms with E-state index in [1.165, 1.54) is 12.1 Å². The van der Waals surface area contributed by atoms with Gasteiger partial charge >= 0.3 is 0 Å². The maximum atomic E-state index is 13.7. The number of phenolic OH excluding ortho intramolecular Hbond substituents is 1. The van der Waals surface area contributed by atoms with Crippen LogP contribution < -0.4 is 5.32 Å². The quantitative estimate of drug-likeness (QED) is 0.775. The number of carbonyl (C=O) groups is 1. The van der Waals surface area contributed by atoms with E-state index in [1.807, 2.05) is 37.5 Å². The van der Waals surface area contributed by atoms with Gasteiger partial charge in [0, 0.05) is 31.4 Å². The summed E-state index contributed by atoms with van der Waals surface area (Å²) < 4.78 is 15.4. The first kappa shape index (κ1) is 15.7. The van der Waals surface area contributed by atoms with Gasteiger partial charge in [0.1, 0.15) is 11.6 Å². The highest BCUT2D eigenvalue weighted by Gasteiger charge is 2.12. The summed E-state index contributed by atoms with van der Waals surface area (Å²) in [5, 5.41) is 16.0. The number of amides is 1. The summed E-state index contributed by atoms with van der Waals surface area (Å²) >= 11 is 0. The van der Waals surface area contributed by atoms with E-state index in [-0.39, 0.29) is 17.9 Å². The van der Waals surface area contributed by atoms with Gasteiger partial charge in [-0.15, -0.1) is 0 Å². The standard InChI is InChI=1S/C18H16FN3O2/c1-22-11-14(10-21-22)13-4-2-3-12(7-13)9-20-18(24)16-6-5-15(23)8-17(16)19/h2-8,10-11,23H,9H2,1H3,(H,20,24). The van der Waals surface area contributed by atoms with Gasteiger partial charge in [0.25, 0.3) is 5.91 Å². The van der Waals surface area contributed by atoms with Crippen LogP contribution in [-0.4, -0.2) is 20.8 Å². The predicted octanol–water partition coefficient (Wildman–Crippen LogP) is 2.86. The first-order chi connectivity index (χ1) is 11.5. The number of phenols is 1. The van der Waals surface area contributed by atoms with Crippen molar-refractivity contribution in [3.8, 4) is 16.9 Å². The van der Waals surface area contributed by atoms with Gasteiger partial charge in [-0.05, 0) is 29.3 Å². The van der Waals surface area contributed by atoms with Crippen LogP contribution in [0.5, 0.6) is 5.75 Å². The molecule has 0 spiro atoms. The van der Waals surface area contributed by atoms with Crippen molar-refractivity contribution in [1.29, 1.82) is 0 Å². The van der Waals surface area contributed by atoms with Gasteiger partial charge in [0.05, 0.1) is 11.8 Å². The second-order valence-electron chi connectivity index (χ2n) is 5.45. The van der Waals surface area contributed by atoms with Gasteiger partial charge in [-0.1, -0.05) is 18.2 Å². The van der Waals surface area contributed by atoms with Gasteiger partial charge in [0.2, 0.25) is 0 Å². The predicted molar refractivity (Wildman–Crippen MR) is 87.9 cm³/mol. The molecular weight excluding hydrogens is 309 g/mol. The van der Waals surface area contributed by atoms with Crippen molar-refractivity contribution in [2.24, 2.45) is 7.05 Å². The Kier molecular flexibility index (Phi) is 4.29. The molecule has 3 aromatic rings. The summed E-state index contributed by atoms with van der Waals surface area (Å²) in [7, 11) is 1.85. The Morgan fingerprint density at radius 1 is 1.25 bits per heavy atom. The third-order valence-corrected chi connectivity index (χ3v) is 3.62. The van der Waals surface area contributed by atoms with E-state index in [2.05, 4.69) is 10.4 Å². The number of aromatic nitrogens is 2. The number of halogens is 1. The monoisotopic (exact) mass is 325 g/mol. The molecule has 0 saturated heterocycles. The number of hydrogen-bond donors (Lipinski definition) is 2. The van der Waals surface area contributed by atoms with E-state index in [0.29, 0.717) is 0 Å². The molecule has 2 aromatic carbocycles. The SMILES string of the molecule is Cn1cc(-c2cccc(CNC(=O)c3ccc(O)cc3F)c2)cn1. The van der Waals surface area contributed by atoms with Crippen molar-refractivity contribution < 1.29 is 14.3 Å². The highest BCUT2D eigenvalue weighted by Crippen LogP contribution is 2.20. The highest BCUT2D eigenvalue weighted by molar-refractivity contribution is 5.94. The number of aryl methyl sites for hydroxylation is 1. The Bertz CT molecular complexity index is 889. The molecule has 0 fully saturated rings. The van der Waals surface area contributed by atoms with Crippen molar-refractivity contribution >= 4 is 5.91 Å². The Morgan fingerprint density at radius 3 is 2.79 bits per heavy atom. The van der Waals surface area contributed by atoms with E-state index >= 15 is 0 Å². The lowest BCUT2D eigenvalue weighted by Crippen LogP contribution is -2.23. The molecule has 0 atom stereocenters. The Morgan fingerprint density at radius 2 is 2.08 bits per heavy atom. The van der Waals surface area contributed by atoms with Gasteiger partial charge in [-0.25, -0.2) is 4.39 Å². The molecule has 0 aliphatic carbocycles. The molecule has 6 heteroatoms. The molecule has 0 aliphatic heterocycles. The molecule has 0 aliphatic rings. The van der Waals surface area contributed by atoms with Crippen LogP contribution in [0.15, 0.2) is 54.9 Å². The maximum absolute atomic E-state index is 13.7. The minimum atomic E-state index is -0.753.